The van der Waals surface area contributed by atoms with Crippen LogP contribution in [0.2, 0.25) is 5.02 Å². The number of ether oxygens (including phenoxy) is 3. The van der Waals surface area contributed by atoms with Crippen LogP contribution in [0, 0.1) is 0 Å². The normalized spacial score (nSPS) is 13.0. The maximum Gasteiger partial charge on any atom is 0.407 e. The van der Waals surface area contributed by atoms with E-state index in [9.17, 15) is 14.4 Å². The Morgan fingerprint density at radius 1 is 0.680 bits per heavy atom. The van der Waals surface area contributed by atoms with Crippen molar-refractivity contribution in [3.63, 3.8) is 0 Å². The zero-order valence-electron chi connectivity index (χ0n) is 28.1. The Labute approximate surface area is 297 Å². The van der Waals surface area contributed by atoms with Crippen LogP contribution in [0.4, 0.5) is 4.79 Å². The predicted octanol–water partition coefficient (Wildman–Crippen LogP) is 8.81. The summed E-state index contributed by atoms with van der Waals surface area (Å²) >= 11 is 6.83. The van der Waals surface area contributed by atoms with Crippen LogP contribution >= 0.6 is 11.6 Å². The third-order valence-electron chi connectivity index (χ3n) is 8.58. The summed E-state index contributed by atoms with van der Waals surface area (Å²) in [6, 6.07) is 40.1. The number of esters is 2. The standard InChI is InChI=1S/C42H38ClNO6/c1-41(2,3)49-38(45)26-37(44-40(47)48-27-34-32-22-12-10-20-30(32)31-21-11-13-23-33(31)34)39(46)50-42(28-16-6-4-7-17-28,29-18-8-5-9-19-29)35-24-14-15-25-36(35)43/h4-25,34,37H,26-27H2,1-3H3,(H,44,47)/t37-/m0/s1. The fourth-order valence-electron chi connectivity index (χ4n) is 6.49. The van der Waals surface area contributed by atoms with Crippen molar-refractivity contribution in [1.29, 1.82) is 0 Å². The van der Waals surface area contributed by atoms with Crippen molar-refractivity contribution in [2.45, 2.75) is 50.4 Å². The maximum atomic E-state index is 14.5. The highest BCUT2D eigenvalue weighted by atomic mass is 35.5. The Balaban J connectivity index is 1.33. The average Bonchev–Trinajstić information content (AvgIpc) is 3.43. The minimum Gasteiger partial charge on any atom is -0.460 e. The van der Waals surface area contributed by atoms with Gasteiger partial charge < -0.3 is 19.5 Å². The first-order valence-electron chi connectivity index (χ1n) is 16.5. The van der Waals surface area contributed by atoms with E-state index < -0.39 is 41.7 Å². The molecule has 0 heterocycles. The highest BCUT2D eigenvalue weighted by Crippen LogP contribution is 2.45. The first-order valence-corrected chi connectivity index (χ1v) is 16.9. The zero-order valence-corrected chi connectivity index (χ0v) is 28.9. The van der Waals surface area contributed by atoms with Gasteiger partial charge >= 0.3 is 18.0 Å². The SMILES string of the molecule is CC(C)(C)OC(=O)C[C@H](NC(=O)OCC1c2ccccc2-c2ccccc21)C(=O)OC(c1ccccc1)(c1ccccc1)c1ccccc1Cl. The van der Waals surface area contributed by atoms with Crippen LogP contribution < -0.4 is 5.32 Å². The van der Waals surface area contributed by atoms with Gasteiger partial charge in [0.25, 0.3) is 0 Å². The number of nitrogens with one attached hydrogen (secondary N) is 1. The van der Waals surface area contributed by atoms with Crippen LogP contribution in [0.3, 0.4) is 0 Å². The summed E-state index contributed by atoms with van der Waals surface area (Å²) in [6.45, 7) is 5.20. The minimum absolute atomic E-state index is 0.0195. The Hall–Kier alpha value is -5.40. The number of halogens is 1. The number of alkyl carbamates (subject to hydrolysis) is 1. The lowest BCUT2D eigenvalue weighted by Crippen LogP contribution is -2.48. The van der Waals surface area contributed by atoms with Crippen molar-refractivity contribution in [1.82, 2.24) is 5.32 Å². The number of carbonyl (C=O) groups excluding carboxylic acids is 3. The van der Waals surface area contributed by atoms with Gasteiger partial charge in [-0.05, 0) is 49.1 Å². The number of hydrogen-bond donors (Lipinski definition) is 1. The first kappa shape index (κ1) is 34.5. The highest BCUT2D eigenvalue weighted by molar-refractivity contribution is 6.31. The number of rotatable bonds is 10. The molecular formula is C42H38ClNO6. The van der Waals surface area contributed by atoms with Gasteiger partial charge in [-0.2, -0.15) is 0 Å². The van der Waals surface area contributed by atoms with E-state index in [-0.39, 0.29) is 12.5 Å². The van der Waals surface area contributed by atoms with Crippen LogP contribution in [0.25, 0.3) is 11.1 Å². The molecule has 8 heteroatoms. The van der Waals surface area contributed by atoms with E-state index in [1.165, 1.54) is 0 Å². The molecule has 0 spiro atoms. The van der Waals surface area contributed by atoms with E-state index in [0.29, 0.717) is 21.7 Å². The lowest BCUT2D eigenvalue weighted by Gasteiger charge is -2.37. The molecular weight excluding hydrogens is 650 g/mol. The lowest BCUT2D eigenvalue weighted by atomic mass is 9.80. The Morgan fingerprint density at radius 2 is 1.18 bits per heavy atom. The fourth-order valence-corrected chi connectivity index (χ4v) is 6.76. The largest absolute Gasteiger partial charge is 0.460 e. The van der Waals surface area contributed by atoms with Gasteiger partial charge in [0, 0.05) is 27.6 Å². The van der Waals surface area contributed by atoms with Gasteiger partial charge in [-0.15, -0.1) is 0 Å². The van der Waals surface area contributed by atoms with Crippen LogP contribution in [0.15, 0.2) is 133 Å². The summed E-state index contributed by atoms with van der Waals surface area (Å²) in [5.74, 6) is -1.77. The van der Waals surface area contributed by atoms with Gasteiger partial charge in [0.1, 0.15) is 18.2 Å². The summed E-state index contributed by atoms with van der Waals surface area (Å²) in [6.07, 6.45) is -1.37. The van der Waals surface area contributed by atoms with Gasteiger partial charge in [-0.3, -0.25) is 4.79 Å². The molecule has 0 unspecified atom stereocenters. The summed E-state index contributed by atoms with van der Waals surface area (Å²) < 4.78 is 17.9. The van der Waals surface area contributed by atoms with E-state index in [4.69, 9.17) is 25.8 Å². The minimum atomic E-state index is -1.55. The van der Waals surface area contributed by atoms with Gasteiger partial charge in [-0.25, -0.2) is 9.59 Å². The number of hydrogen-bond acceptors (Lipinski definition) is 6. The van der Waals surface area contributed by atoms with E-state index in [0.717, 1.165) is 22.3 Å². The molecule has 0 fully saturated rings. The molecule has 254 valence electrons. The molecule has 50 heavy (non-hydrogen) atoms. The van der Waals surface area contributed by atoms with E-state index in [1.54, 1.807) is 39.0 Å². The van der Waals surface area contributed by atoms with E-state index in [1.807, 2.05) is 115 Å². The highest BCUT2D eigenvalue weighted by Gasteiger charge is 2.44. The second-order valence-corrected chi connectivity index (χ2v) is 13.5. The van der Waals surface area contributed by atoms with Crippen molar-refractivity contribution in [2.75, 3.05) is 6.61 Å². The topological polar surface area (TPSA) is 90.9 Å². The maximum absolute atomic E-state index is 14.5. The van der Waals surface area contributed by atoms with Crippen LogP contribution in [-0.2, 0) is 29.4 Å². The molecule has 0 saturated carbocycles. The van der Waals surface area contributed by atoms with Gasteiger partial charge in [0.2, 0.25) is 0 Å². The van der Waals surface area contributed by atoms with Crippen molar-refractivity contribution in [3.05, 3.63) is 166 Å². The molecule has 5 aromatic rings. The van der Waals surface area contributed by atoms with Crippen LogP contribution in [-0.4, -0.2) is 36.3 Å². The second-order valence-electron chi connectivity index (χ2n) is 13.1. The molecule has 0 aromatic heterocycles. The summed E-state index contributed by atoms with van der Waals surface area (Å²) in [7, 11) is 0. The third-order valence-corrected chi connectivity index (χ3v) is 8.91. The van der Waals surface area contributed by atoms with Crippen LogP contribution in [0.5, 0.6) is 0 Å². The summed E-state index contributed by atoms with van der Waals surface area (Å²) in [5.41, 5.74) is 3.61. The molecule has 0 bridgehead atoms. The summed E-state index contributed by atoms with van der Waals surface area (Å²) in [5, 5.41) is 2.99. The van der Waals surface area contributed by atoms with Gasteiger partial charge in [-0.1, -0.05) is 139 Å². The number of amides is 1. The molecule has 0 radical (unpaired) electrons. The first-order chi connectivity index (χ1) is 24.1. The van der Waals surface area contributed by atoms with Crippen molar-refractivity contribution in [2.24, 2.45) is 0 Å². The van der Waals surface area contributed by atoms with Crippen LogP contribution in [0.1, 0.15) is 60.9 Å². The molecule has 1 aliphatic rings. The monoisotopic (exact) mass is 687 g/mol. The van der Waals surface area contributed by atoms with Crippen molar-refractivity contribution < 1.29 is 28.6 Å². The Kier molecular flexibility index (Phi) is 10.1. The molecule has 0 aliphatic heterocycles. The molecule has 6 rings (SSSR count). The Morgan fingerprint density at radius 3 is 1.72 bits per heavy atom. The average molecular weight is 688 g/mol. The number of carbonyl (C=O) groups is 3. The number of fused-ring (bicyclic) bond motifs is 3. The molecule has 0 saturated heterocycles. The fraction of sp³-hybridized carbons (Fsp3) is 0.214. The lowest BCUT2D eigenvalue weighted by molar-refractivity contribution is -0.163. The Bertz CT molecular complexity index is 1900. The molecule has 5 aromatic carbocycles. The molecule has 1 aliphatic carbocycles. The van der Waals surface area contributed by atoms with E-state index in [2.05, 4.69) is 5.32 Å². The number of benzene rings is 5. The van der Waals surface area contributed by atoms with Gasteiger partial charge in [0.15, 0.2) is 5.60 Å². The molecule has 1 amide bonds. The van der Waals surface area contributed by atoms with E-state index >= 15 is 0 Å². The summed E-state index contributed by atoms with van der Waals surface area (Å²) in [4.78, 5) is 41.2. The second kappa shape index (κ2) is 14.6. The van der Waals surface area contributed by atoms with Crippen molar-refractivity contribution >= 4 is 29.6 Å². The zero-order chi connectivity index (χ0) is 35.3. The van der Waals surface area contributed by atoms with Gasteiger partial charge in [0.05, 0.1) is 6.42 Å². The molecule has 1 N–H and O–H groups in total. The molecule has 1 atom stereocenters. The third kappa shape index (κ3) is 7.28. The smallest absolute Gasteiger partial charge is 0.407 e. The predicted molar refractivity (Wildman–Crippen MR) is 193 cm³/mol. The quantitative estimate of drug-likeness (QED) is 0.0897. The molecule has 7 nitrogen and oxygen atoms in total. The van der Waals surface area contributed by atoms with Crippen molar-refractivity contribution in [3.8, 4) is 11.1 Å².